The molecule has 15 heteroatoms. The fourth-order valence-electron chi connectivity index (χ4n) is 8.57. The van der Waals surface area contributed by atoms with Crippen LogP contribution in [0.1, 0.15) is 51.4 Å². The van der Waals surface area contributed by atoms with Crippen molar-refractivity contribution >= 4 is 28.0 Å². The smallest absolute Gasteiger partial charge is 0.462 e. The van der Waals surface area contributed by atoms with Gasteiger partial charge < -0.3 is 28.8 Å². The number of carbonyl (C=O) groups is 3. The van der Waals surface area contributed by atoms with Gasteiger partial charge in [-0.25, -0.2) is 9.59 Å². The van der Waals surface area contributed by atoms with Crippen molar-refractivity contribution in [2.45, 2.75) is 85.6 Å². The maximum absolute atomic E-state index is 13.9. The summed E-state index contributed by atoms with van der Waals surface area (Å²) in [5.41, 5.74) is -4.24. The van der Waals surface area contributed by atoms with Gasteiger partial charge in [-0.3, -0.25) is 9.35 Å². The molecule has 7 fully saturated rings. The largest absolute Gasteiger partial charge is 0.465 e. The first-order valence-corrected chi connectivity index (χ1v) is 14.5. The predicted molar refractivity (Wildman–Crippen MR) is 120 cm³/mol. The maximum atomic E-state index is 13.9. The molecule has 1 aliphatic heterocycles. The lowest BCUT2D eigenvalue weighted by Gasteiger charge is -2.63. The highest BCUT2D eigenvalue weighted by Crippen LogP contribution is 2.62. The van der Waals surface area contributed by atoms with Gasteiger partial charge in [-0.05, 0) is 43.9 Å². The second kappa shape index (κ2) is 8.78. The molecule has 0 aromatic rings. The van der Waals surface area contributed by atoms with Crippen molar-refractivity contribution in [3.05, 3.63) is 0 Å². The lowest BCUT2D eigenvalue weighted by Crippen LogP contribution is -2.68. The molecule has 1 saturated heterocycles. The molecule has 0 aromatic carbocycles. The number of aliphatic hydroxyl groups is 1. The number of ether oxygens (including phenoxy) is 5. The van der Waals surface area contributed by atoms with Crippen LogP contribution in [0.25, 0.3) is 0 Å². The fourth-order valence-corrected chi connectivity index (χ4v) is 8.83. The van der Waals surface area contributed by atoms with Crippen LogP contribution in [0.3, 0.4) is 0 Å². The van der Waals surface area contributed by atoms with Crippen molar-refractivity contribution in [2.24, 2.45) is 23.7 Å². The van der Waals surface area contributed by atoms with E-state index in [9.17, 15) is 36.7 Å². The van der Waals surface area contributed by atoms with E-state index in [4.69, 9.17) is 28.2 Å². The van der Waals surface area contributed by atoms with Gasteiger partial charge in [0.25, 0.3) is 0 Å². The molecular weight excluding hydrogens is 550 g/mol. The molecule has 6 saturated carbocycles. The highest BCUT2D eigenvalue weighted by atomic mass is 32.2. The van der Waals surface area contributed by atoms with E-state index >= 15 is 0 Å². The van der Waals surface area contributed by atoms with E-state index in [1.807, 2.05) is 0 Å². The van der Waals surface area contributed by atoms with E-state index in [2.05, 4.69) is 0 Å². The molecule has 6 bridgehead atoms. The molecule has 2 N–H and O–H groups in total. The zero-order chi connectivity index (χ0) is 28.0. The summed E-state index contributed by atoms with van der Waals surface area (Å²) in [5, 5.41) is 5.90. The third-order valence-corrected chi connectivity index (χ3v) is 10.2. The van der Waals surface area contributed by atoms with Gasteiger partial charge >= 0.3 is 33.3 Å². The average molecular weight is 581 g/mol. The van der Waals surface area contributed by atoms with Gasteiger partial charge in [-0.1, -0.05) is 0 Å². The van der Waals surface area contributed by atoms with Crippen LogP contribution in [0.4, 0.5) is 8.78 Å². The minimum Gasteiger partial charge on any atom is -0.462 e. The Balaban J connectivity index is 1.02. The Hall–Kier alpha value is -1.94. The van der Waals surface area contributed by atoms with Crippen LogP contribution in [0.15, 0.2) is 0 Å². The number of rotatable bonds is 10. The van der Waals surface area contributed by atoms with Gasteiger partial charge in [-0.2, -0.15) is 17.2 Å². The van der Waals surface area contributed by atoms with E-state index < -0.39 is 50.7 Å². The van der Waals surface area contributed by atoms with E-state index in [0.717, 1.165) is 12.8 Å². The molecule has 9 atom stereocenters. The normalized spacial score (nSPS) is 43.5. The van der Waals surface area contributed by atoms with Crippen molar-refractivity contribution in [2.75, 3.05) is 19.8 Å². The number of hydrogen-bond donors (Lipinski definition) is 2. The second-order valence-corrected chi connectivity index (χ2v) is 13.7. The van der Waals surface area contributed by atoms with Crippen LogP contribution in [-0.4, -0.2) is 90.1 Å². The van der Waals surface area contributed by atoms with E-state index in [-0.39, 0.29) is 80.7 Å². The van der Waals surface area contributed by atoms with Crippen LogP contribution in [0, 0.1) is 23.7 Å². The zero-order valence-electron chi connectivity index (χ0n) is 20.9. The molecule has 12 nitrogen and oxygen atoms in total. The maximum Gasteiger partial charge on any atom is 0.465 e. The monoisotopic (exact) mass is 580 g/mol. The van der Waals surface area contributed by atoms with Gasteiger partial charge in [0.15, 0.2) is 0 Å². The van der Waals surface area contributed by atoms with Gasteiger partial charge in [0, 0.05) is 25.2 Å². The van der Waals surface area contributed by atoms with Gasteiger partial charge in [-0.15, -0.1) is 0 Å². The number of carbonyl (C=O) groups excluding carboxylic acids is 3. The minimum absolute atomic E-state index is 0.0284. The van der Waals surface area contributed by atoms with Crippen LogP contribution in [0.5, 0.6) is 0 Å². The van der Waals surface area contributed by atoms with E-state index in [1.54, 1.807) is 0 Å². The van der Waals surface area contributed by atoms with Crippen LogP contribution < -0.4 is 0 Å². The lowest BCUT2D eigenvalue weighted by molar-refractivity contribution is -0.277. The number of fused-ring (bicyclic) bond motifs is 1. The topological polar surface area (TPSA) is 172 Å². The molecule has 218 valence electrons. The number of hydrogen-bond acceptors (Lipinski definition) is 11. The quantitative estimate of drug-likeness (QED) is 0.161. The fraction of sp³-hybridized carbons (Fsp3) is 0.875. The van der Waals surface area contributed by atoms with Crippen molar-refractivity contribution in [1.82, 2.24) is 0 Å². The van der Waals surface area contributed by atoms with Crippen molar-refractivity contribution in [1.29, 1.82) is 0 Å². The summed E-state index contributed by atoms with van der Waals surface area (Å²) in [5.74, 6) is -3.18. The lowest BCUT2D eigenvalue weighted by atomic mass is 9.50. The second-order valence-electron chi connectivity index (χ2n) is 12.2. The Morgan fingerprint density at radius 2 is 1.79 bits per heavy atom. The van der Waals surface area contributed by atoms with E-state index in [0.29, 0.717) is 12.8 Å². The standard InChI is InChI=1S/C24H30F2O12S/c25-24(26,39(31,32)33)20(29)38-23-7-12-5-21(30,10-23)9-22(6-12,11-23)36-8-16(27)34-1-2-35-17-13-3-14-15(4-13)19(28)37-18(14)17/h12-15,17-18,30H,1-11H2,(H,31,32,33). The summed E-state index contributed by atoms with van der Waals surface area (Å²) in [6.45, 7) is -0.470. The van der Waals surface area contributed by atoms with Crippen LogP contribution in [0.2, 0.25) is 0 Å². The Labute approximate surface area is 222 Å². The van der Waals surface area contributed by atoms with Gasteiger partial charge in [0.1, 0.15) is 24.9 Å². The Morgan fingerprint density at radius 1 is 1.08 bits per heavy atom. The van der Waals surface area contributed by atoms with Crippen molar-refractivity contribution in [3.8, 4) is 0 Å². The van der Waals surface area contributed by atoms with Crippen LogP contribution in [-0.2, 0) is 48.2 Å². The first-order chi connectivity index (χ1) is 18.1. The average Bonchev–Trinajstić information content (AvgIpc) is 3.42. The zero-order valence-corrected chi connectivity index (χ0v) is 21.7. The van der Waals surface area contributed by atoms with Gasteiger partial charge in [0.05, 0.1) is 29.8 Å². The van der Waals surface area contributed by atoms with Gasteiger partial charge in [0.2, 0.25) is 0 Å². The molecule has 39 heavy (non-hydrogen) atoms. The molecular formula is C24H30F2O12S. The third kappa shape index (κ3) is 4.53. The Bertz CT molecular complexity index is 1190. The van der Waals surface area contributed by atoms with Crippen molar-refractivity contribution < 1.29 is 64.9 Å². The highest BCUT2D eigenvalue weighted by Gasteiger charge is 2.67. The van der Waals surface area contributed by atoms with E-state index in [1.165, 1.54) is 0 Å². The predicted octanol–water partition coefficient (Wildman–Crippen LogP) is 0.743. The van der Waals surface area contributed by atoms with Crippen molar-refractivity contribution in [3.63, 3.8) is 0 Å². The molecule has 9 unspecified atom stereocenters. The minimum atomic E-state index is -6.06. The molecule has 1 heterocycles. The third-order valence-electron chi connectivity index (χ3n) is 9.37. The summed E-state index contributed by atoms with van der Waals surface area (Å²) in [6.07, 6.45) is 1.72. The summed E-state index contributed by atoms with van der Waals surface area (Å²) in [7, 11) is -6.06. The molecule has 7 rings (SSSR count). The SMILES string of the molecule is O=C(COC12CC3CC(O)(C1)CC(OC(=O)C(F)(F)S(=O)(=O)O)(C3)C2)OCCOC1C2CC3C(=O)OC1C3C2. The summed E-state index contributed by atoms with van der Waals surface area (Å²) in [6, 6.07) is 0. The molecule has 7 aliphatic rings. The molecule has 0 radical (unpaired) electrons. The molecule has 0 aromatic heterocycles. The summed E-state index contributed by atoms with van der Waals surface area (Å²) >= 11 is 0. The number of halogens is 2. The first-order valence-electron chi connectivity index (χ1n) is 13.1. The van der Waals surface area contributed by atoms with Crippen LogP contribution >= 0.6 is 0 Å². The number of esters is 3. The summed E-state index contributed by atoms with van der Waals surface area (Å²) < 4.78 is 85.9. The Morgan fingerprint density at radius 3 is 2.51 bits per heavy atom. The number of alkyl halides is 2. The Kier molecular flexibility index (Phi) is 6.13. The molecule has 0 spiro atoms. The first kappa shape index (κ1) is 27.2. The molecule has 0 amide bonds. The molecule has 6 aliphatic carbocycles. The highest BCUT2D eigenvalue weighted by molar-refractivity contribution is 7.87. The summed E-state index contributed by atoms with van der Waals surface area (Å²) in [4.78, 5) is 36.3.